The van der Waals surface area contributed by atoms with Gasteiger partial charge in [0, 0.05) is 60.9 Å². The second-order valence-electron chi connectivity index (χ2n) is 11.8. The summed E-state index contributed by atoms with van der Waals surface area (Å²) in [5, 5.41) is 12.9. The van der Waals surface area contributed by atoms with E-state index in [1.54, 1.807) is 23.4 Å². The SMILES string of the molecule is Cc1sccc1C1=C(CN2CCN(c3ccc(C(=O)O)c(Oc4cnc5[nH]ccc5c4)c3)CC2)CCC(C)(C)C1. The molecule has 0 atom stereocenters. The van der Waals surface area contributed by atoms with Crippen LogP contribution >= 0.6 is 11.3 Å². The highest BCUT2D eigenvalue weighted by atomic mass is 32.1. The number of hydrogen-bond acceptors (Lipinski definition) is 6. The summed E-state index contributed by atoms with van der Waals surface area (Å²) in [6.07, 6.45) is 6.98. The van der Waals surface area contributed by atoms with Crippen LogP contribution in [0.5, 0.6) is 11.5 Å². The highest BCUT2D eigenvalue weighted by molar-refractivity contribution is 7.10. The summed E-state index contributed by atoms with van der Waals surface area (Å²) in [7, 11) is 0. The highest BCUT2D eigenvalue weighted by Gasteiger charge is 2.30. The predicted molar refractivity (Wildman–Crippen MR) is 162 cm³/mol. The van der Waals surface area contributed by atoms with Crippen LogP contribution in [0.2, 0.25) is 0 Å². The minimum absolute atomic E-state index is 0.139. The standard InChI is InChI=1S/C32H36N4O3S/c1-21-26(8-15-40-21)28-18-32(2,3)9-6-23(28)20-35-11-13-36(14-12-35)24-4-5-27(31(37)38)29(17-24)39-25-16-22-7-10-33-30(22)34-19-25/h4-5,7-8,10,15-17,19H,6,9,11-14,18,20H2,1-3H3,(H,33,34)(H,37,38). The van der Waals surface area contributed by atoms with Crippen LogP contribution in [0.15, 0.2) is 59.7 Å². The van der Waals surface area contributed by atoms with Gasteiger partial charge in [0.15, 0.2) is 0 Å². The van der Waals surface area contributed by atoms with E-state index >= 15 is 0 Å². The number of fused-ring (bicyclic) bond motifs is 1. The number of aryl methyl sites for hydroxylation is 1. The number of aromatic nitrogens is 2. The first kappa shape index (κ1) is 26.6. The Bertz CT molecular complexity index is 1580. The Morgan fingerprint density at radius 2 is 1.98 bits per heavy atom. The molecule has 6 rings (SSSR count). The van der Waals surface area contributed by atoms with Gasteiger partial charge in [-0.05, 0) is 78.4 Å². The van der Waals surface area contributed by atoms with Crippen molar-refractivity contribution >= 4 is 39.6 Å². The summed E-state index contributed by atoms with van der Waals surface area (Å²) in [4.78, 5) is 25.7. The fraction of sp³-hybridized carbons (Fsp3) is 0.375. The van der Waals surface area contributed by atoms with Gasteiger partial charge in [0.2, 0.25) is 0 Å². The quantitative estimate of drug-likeness (QED) is 0.250. The van der Waals surface area contributed by atoms with Gasteiger partial charge in [-0.2, -0.15) is 0 Å². The zero-order chi connectivity index (χ0) is 27.9. The largest absolute Gasteiger partial charge is 0.478 e. The fourth-order valence-corrected chi connectivity index (χ4v) is 6.72. The van der Waals surface area contributed by atoms with Gasteiger partial charge in [0.05, 0.1) is 6.20 Å². The Morgan fingerprint density at radius 3 is 2.73 bits per heavy atom. The first-order valence-electron chi connectivity index (χ1n) is 14.0. The number of rotatable bonds is 7. The number of carboxylic acids is 1. The second-order valence-corrected chi connectivity index (χ2v) is 12.9. The molecule has 1 fully saturated rings. The first-order valence-corrected chi connectivity index (χ1v) is 14.8. The number of allylic oxidation sites excluding steroid dienone is 1. The van der Waals surface area contributed by atoms with Crippen molar-refractivity contribution in [3.63, 3.8) is 0 Å². The van der Waals surface area contributed by atoms with Crippen LogP contribution in [0.25, 0.3) is 16.6 Å². The zero-order valence-corrected chi connectivity index (χ0v) is 24.2. The number of pyridine rings is 1. The molecule has 8 heteroatoms. The summed E-state index contributed by atoms with van der Waals surface area (Å²) in [5.74, 6) is -0.172. The number of aromatic amines is 1. The summed E-state index contributed by atoms with van der Waals surface area (Å²) >= 11 is 1.84. The Hall–Kier alpha value is -3.62. The van der Waals surface area contributed by atoms with E-state index in [1.165, 1.54) is 23.3 Å². The summed E-state index contributed by atoms with van der Waals surface area (Å²) in [6.45, 7) is 11.8. The van der Waals surface area contributed by atoms with E-state index in [0.29, 0.717) is 16.9 Å². The van der Waals surface area contributed by atoms with Crippen LogP contribution in [0.3, 0.4) is 0 Å². The number of benzene rings is 1. The lowest BCUT2D eigenvalue weighted by molar-refractivity contribution is 0.0694. The molecule has 1 aliphatic carbocycles. The van der Waals surface area contributed by atoms with Crippen molar-refractivity contribution in [2.45, 2.75) is 40.0 Å². The third-order valence-corrected chi connectivity index (χ3v) is 9.17. The van der Waals surface area contributed by atoms with E-state index in [0.717, 1.165) is 55.9 Å². The van der Waals surface area contributed by atoms with Gasteiger partial charge in [0.25, 0.3) is 0 Å². The molecule has 0 unspecified atom stereocenters. The van der Waals surface area contributed by atoms with Crippen LogP contribution in [0.4, 0.5) is 5.69 Å². The van der Waals surface area contributed by atoms with Crippen molar-refractivity contribution in [1.29, 1.82) is 0 Å². The number of nitrogens with zero attached hydrogens (tertiary/aromatic N) is 3. The molecule has 3 aromatic heterocycles. The molecule has 0 spiro atoms. The minimum Gasteiger partial charge on any atom is -0.478 e. The fourth-order valence-electron chi connectivity index (χ4n) is 6.00. The lowest BCUT2D eigenvalue weighted by Crippen LogP contribution is -2.47. The molecule has 2 aliphatic rings. The molecule has 0 amide bonds. The van der Waals surface area contributed by atoms with Crippen LogP contribution in [-0.4, -0.2) is 58.7 Å². The van der Waals surface area contributed by atoms with Crippen molar-refractivity contribution in [1.82, 2.24) is 14.9 Å². The molecule has 2 N–H and O–H groups in total. The predicted octanol–water partition coefficient (Wildman–Crippen LogP) is 7.21. The van der Waals surface area contributed by atoms with E-state index in [4.69, 9.17) is 4.74 Å². The van der Waals surface area contributed by atoms with Gasteiger partial charge in [-0.3, -0.25) is 4.90 Å². The van der Waals surface area contributed by atoms with Gasteiger partial charge in [-0.1, -0.05) is 19.4 Å². The summed E-state index contributed by atoms with van der Waals surface area (Å²) in [6, 6.07) is 11.5. The number of ether oxygens (including phenoxy) is 1. The van der Waals surface area contributed by atoms with Gasteiger partial charge in [0.1, 0.15) is 22.7 Å². The Kier molecular flexibility index (Phi) is 7.15. The van der Waals surface area contributed by atoms with E-state index < -0.39 is 5.97 Å². The third kappa shape index (κ3) is 5.51. The number of piperazine rings is 1. The molecule has 0 radical (unpaired) electrons. The van der Waals surface area contributed by atoms with Crippen molar-refractivity contribution in [3.8, 4) is 11.5 Å². The lowest BCUT2D eigenvalue weighted by atomic mass is 9.72. The summed E-state index contributed by atoms with van der Waals surface area (Å²) in [5.41, 5.74) is 6.84. The monoisotopic (exact) mass is 556 g/mol. The van der Waals surface area contributed by atoms with Gasteiger partial charge in [-0.15, -0.1) is 11.3 Å². The minimum atomic E-state index is -1.01. The Morgan fingerprint density at radius 1 is 1.15 bits per heavy atom. The maximum absolute atomic E-state index is 12.0. The zero-order valence-electron chi connectivity index (χ0n) is 23.4. The normalized spacial score (nSPS) is 17.9. The van der Waals surface area contributed by atoms with Gasteiger partial charge < -0.3 is 19.7 Å². The van der Waals surface area contributed by atoms with Crippen molar-refractivity contribution in [2.75, 3.05) is 37.6 Å². The smallest absolute Gasteiger partial charge is 0.339 e. The molecular formula is C32H36N4O3S. The Labute approximate surface area is 239 Å². The molecule has 0 saturated carbocycles. The van der Waals surface area contributed by atoms with Crippen LogP contribution < -0.4 is 9.64 Å². The molecule has 1 aliphatic heterocycles. The first-order chi connectivity index (χ1) is 19.3. The van der Waals surface area contributed by atoms with Gasteiger partial charge >= 0.3 is 5.97 Å². The average molecular weight is 557 g/mol. The van der Waals surface area contributed by atoms with E-state index in [1.807, 2.05) is 41.8 Å². The topological polar surface area (TPSA) is 81.7 Å². The molecular weight excluding hydrogens is 520 g/mol. The summed E-state index contributed by atoms with van der Waals surface area (Å²) < 4.78 is 6.08. The number of carbonyl (C=O) groups is 1. The van der Waals surface area contributed by atoms with E-state index in [2.05, 4.69) is 52.0 Å². The Balaban J connectivity index is 1.17. The number of H-pyrrole nitrogens is 1. The molecule has 7 nitrogen and oxygen atoms in total. The maximum atomic E-state index is 12.0. The molecule has 4 heterocycles. The van der Waals surface area contributed by atoms with Crippen molar-refractivity contribution < 1.29 is 14.6 Å². The van der Waals surface area contributed by atoms with Crippen molar-refractivity contribution in [2.24, 2.45) is 5.41 Å². The number of carboxylic acid groups (broad SMARTS) is 1. The average Bonchev–Trinajstić information content (AvgIpc) is 3.58. The molecule has 1 saturated heterocycles. The van der Waals surface area contributed by atoms with Crippen molar-refractivity contribution in [3.05, 3.63) is 75.7 Å². The lowest BCUT2D eigenvalue weighted by Gasteiger charge is -2.39. The van der Waals surface area contributed by atoms with Crippen LogP contribution in [0.1, 0.15) is 53.9 Å². The highest BCUT2D eigenvalue weighted by Crippen LogP contribution is 2.44. The number of anilines is 1. The molecule has 1 aromatic carbocycles. The maximum Gasteiger partial charge on any atom is 0.339 e. The number of nitrogens with one attached hydrogen (secondary N) is 1. The molecule has 208 valence electrons. The second kappa shape index (κ2) is 10.7. The molecule has 40 heavy (non-hydrogen) atoms. The third-order valence-electron chi connectivity index (χ3n) is 8.32. The van der Waals surface area contributed by atoms with E-state index in [9.17, 15) is 9.90 Å². The van der Waals surface area contributed by atoms with E-state index in [-0.39, 0.29) is 5.56 Å². The van der Waals surface area contributed by atoms with Crippen LogP contribution in [0, 0.1) is 12.3 Å². The van der Waals surface area contributed by atoms with Gasteiger partial charge in [-0.25, -0.2) is 9.78 Å². The van der Waals surface area contributed by atoms with Crippen LogP contribution in [-0.2, 0) is 0 Å². The number of thiophene rings is 1. The number of aromatic carboxylic acids is 1. The molecule has 4 aromatic rings. The molecule has 0 bridgehead atoms. The number of hydrogen-bond donors (Lipinski definition) is 2.